The number of rotatable bonds is 2. The molecule has 0 bridgehead atoms. The normalized spacial score (nSPS) is 18.3. The predicted octanol–water partition coefficient (Wildman–Crippen LogP) is 2.89. The van der Waals surface area contributed by atoms with Gasteiger partial charge in [-0.15, -0.1) is 0 Å². The van der Waals surface area contributed by atoms with Crippen LogP contribution in [0.3, 0.4) is 0 Å². The van der Waals surface area contributed by atoms with E-state index in [1.54, 1.807) is 0 Å². The van der Waals surface area contributed by atoms with E-state index >= 15 is 0 Å². The van der Waals surface area contributed by atoms with Crippen molar-refractivity contribution in [2.24, 2.45) is 5.73 Å². The Balaban J connectivity index is 2.26. The summed E-state index contributed by atoms with van der Waals surface area (Å²) in [5.74, 6) is 0.834. The quantitative estimate of drug-likeness (QED) is 0.866. The summed E-state index contributed by atoms with van der Waals surface area (Å²) >= 11 is 3.52. The van der Waals surface area contributed by atoms with Gasteiger partial charge in [0.2, 0.25) is 0 Å². The van der Waals surface area contributed by atoms with Gasteiger partial charge in [0, 0.05) is 0 Å². The molecule has 1 aliphatic rings. The number of allylic oxidation sites excluding steroid dienone is 4. The second-order valence-electron chi connectivity index (χ2n) is 3.76. The van der Waals surface area contributed by atoms with E-state index in [4.69, 9.17) is 5.73 Å². The van der Waals surface area contributed by atoms with Crippen LogP contribution in [0.25, 0.3) is 5.57 Å². The zero-order chi connectivity index (χ0) is 10.8. The summed E-state index contributed by atoms with van der Waals surface area (Å²) < 4.78 is 1.23. The first kappa shape index (κ1) is 10.6. The monoisotopic (exact) mass is 267 g/mol. The Kier molecular flexibility index (Phi) is 3.07. The van der Waals surface area contributed by atoms with Gasteiger partial charge in [0.25, 0.3) is 0 Å². The summed E-state index contributed by atoms with van der Waals surface area (Å²) in [5, 5.41) is 0. The van der Waals surface area contributed by atoms with Gasteiger partial charge in [-0.05, 0) is 35.9 Å². The summed E-state index contributed by atoms with van der Waals surface area (Å²) in [4.78, 5) is 7.48. The Hall–Kier alpha value is -0.870. The van der Waals surface area contributed by atoms with Crippen LogP contribution in [0.15, 0.2) is 22.8 Å². The molecule has 0 amide bonds. The Morgan fingerprint density at radius 3 is 3.00 bits per heavy atom. The summed E-state index contributed by atoms with van der Waals surface area (Å²) in [5.41, 5.74) is 7.97. The molecular weight excluding hydrogens is 254 g/mol. The molecule has 1 atom stereocenters. The molecule has 0 radical (unpaired) electrons. The molecule has 1 aromatic heterocycles. The number of imidazole rings is 1. The van der Waals surface area contributed by atoms with E-state index in [1.165, 1.54) is 10.1 Å². The molecule has 0 saturated carbocycles. The number of halogens is 1. The Bertz CT molecular complexity index is 415. The van der Waals surface area contributed by atoms with Crippen LogP contribution in [0.5, 0.6) is 0 Å². The average Bonchev–Trinajstić information content (AvgIpc) is 2.66. The maximum absolute atomic E-state index is 5.75. The molecule has 3 nitrogen and oxygen atoms in total. The molecule has 2 rings (SSSR count). The van der Waals surface area contributed by atoms with Crippen LogP contribution in [-0.4, -0.2) is 9.97 Å². The molecule has 0 aliphatic heterocycles. The third-order valence-corrected chi connectivity index (χ3v) is 3.02. The highest BCUT2D eigenvalue weighted by Crippen LogP contribution is 2.27. The highest BCUT2D eigenvalue weighted by Gasteiger charge is 2.09. The maximum atomic E-state index is 5.75. The van der Waals surface area contributed by atoms with E-state index in [1.807, 2.05) is 13.1 Å². The second kappa shape index (κ2) is 4.33. The van der Waals surface area contributed by atoms with Gasteiger partial charge in [0.1, 0.15) is 5.82 Å². The lowest BCUT2D eigenvalue weighted by Gasteiger charge is -2.07. The third-order valence-electron chi connectivity index (χ3n) is 2.40. The predicted molar refractivity (Wildman–Crippen MR) is 65.4 cm³/mol. The van der Waals surface area contributed by atoms with Gasteiger partial charge in [-0.2, -0.15) is 0 Å². The van der Waals surface area contributed by atoms with Crippen LogP contribution in [0.2, 0.25) is 0 Å². The van der Waals surface area contributed by atoms with Crippen molar-refractivity contribution in [2.75, 3.05) is 0 Å². The number of aromatic amines is 1. The molecule has 1 unspecified atom stereocenters. The fraction of sp³-hybridized carbons (Fsp3) is 0.364. The standard InChI is InChI=1S/C11H14BrN3/c1-7(13)11-14-6-10(15-11)8-3-2-4-9(12)5-8/h3,5-7H,2,4,13H2,1H3,(H,14,15). The van der Waals surface area contributed by atoms with E-state index in [0.717, 1.165) is 24.4 Å². The molecule has 3 N–H and O–H groups in total. The van der Waals surface area contributed by atoms with E-state index in [0.29, 0.717) is 0 Å². The molecule has 0 saturated heterocycles. The Morgan fingerprint density at radius 1 is 1.60 bits per heavy atom. The van der Waals surface area contributed by atoms with Crippen molar-refractivity contribution in [1.29, 1.82) is 0 Å². The summed E-state index contributed by atoms with van der Waals surface area (Å²) in [6.45, 7) is 1.92. The minimum Gasteiger partial charge on any atom is -0.341 e. The lowest BCUT2D eigenvalue weighted by atomic mass is 10.1. The van der Waals surface area contributed by atoms with Gasteiger partial charge in [-0.1, -0.05) is 22.0 Å². The zero-order valence-corrected chi connectivity index (χ0v) is 10.2. The Morgan fingerprint density at radius 2 is 2.40 bits per heavy atom. The van der Waals surface area contributed by atoms with Crippen molar-refractivity contribution in [3.8, 4) is 0 Å². The van der Waals surface area contributed by atoms with E-state index < -0.39 is 0 Å². The molecule has 1 aliphatic carbocycles. The molecule has 15 heavy (non-hydrogen) atoms. The first-order chi connectivity index (χ1) is 7.16. The molecular formula is C11H14BrN3. The topological polar surface area (TPSA) is 54.7 Å². The van der Waals surface area contributed by atoms with Crippen LogP contribution in [0, 0.1) is 0 Å². The fourth-order valence-electron chi connectivity index (χ4n) is 1.57. The van der Waals surface area contributed by atoms with Crippen LogP contribution >= 0.6 is 15.9 Å². The lowest BCUT2D eigenvalue weighted by molar-refractivity contribution is 0.755. The van der Waals surface area contributed by atoms with Crippen molar-refractivity contribution in [3.63, 3.8) is 0 Å². The first-order valence-corrected chi connectivity index (χ1v) is 5.83. The van der Waals surface area contributed by atoms with Gasteiger partial charge in [0.15, 0.2) is 0 Å². The fourth-order valence-corrected chi connectivity index (χ4v) is 2.04. The average molecular weight is 268 g/mol. The van der Waals surface area contributed by atoms with Crippen molar-refractivity contribution < 1.29 is 0 Å². The highest BCUT2D eigenvalue weighted by atomic mass is 79.9. The van der Waals surface area contributed by atoms with Gasteiger partial charge in [0.05, 0.1) is 17.9 Å². The molecule has 0 aromatic carbocycles. The van der Waals surface area contributed by atoms with Crippen LogP contribution < -0.4 is 5.73 Å². The third kappa shape index (κ3) is 2.38. The van der Waals surface area contributed by atoms with Crippen LogP contribution in [-0.2, 0) is 0 Å². The first-order valence-electron chi connectivity index (χ1n) is 5.04. The number of nitrogens with two attached hydrogens (primary N) is 1. The SMILES string of the molecule is CC(N)c1ncc(C2=CCCC(Br)=C2)[nH]1. The molecule has 1 heterocycles. The molecule has 4 heteroatoms. The number of hydrogen-bond donors (Lipinski definition) is 2. The zero-order valence-electron chi connectivity index (χ0n) is 8.63. The van der Waals surface area contributed by atoms with Crippen molar-refractivity contribution >= 4 is 21.5 Å². The maximum Gasteiger partial charge on any atom is 0.123 e. The van der Waals surface area contributed by atoms with Gasteiger partial charge in [-0.25, -0.2) is 4.98 Å². The van der Waals surface area contributed by atoms with Gasteiger partial charge >= 0.3 is 0 Å². The number of H-pyrrole nitrogens is 1. The number of nitrogens with zero attached hydrogens (tertiary/aromatic N) is 1. The second-order valence-corrected chi connectivity index (χ2v) is 4.78. The molecule has 0 fully saturated rings. The van der Waals surface area contributed by atoms with Crippen molar-refractivity contribution in [2.45, 2.75) is 25.8 Å². The summed E-state index contributed by atoms with van der Waals surface area (Å²) in [6, 6.07) is -0.0460. The largest absolute Gasteiger partial charge is 0.341 e. The summed E-state index contributed by atoms with van der Waals surface area (Å²) in [6.07, 6.45) is 8.33. The number of aromatic nitrogens is 2. The molecule has 80 valence electrons. The van der Waals surface area contributed by atoms with E-state index in [2.05, 4.69) is 38.0 Å². The van der Waals surface area contributed by atoms with E-state index in [9.17, 15) is 0 Å². The van der Waals surface area contributed by atoms with Crippen LogP contribution in [0.4, 0.5) is 0 Å². The van der Waals surface area contributed by atoms with Crippen molar-refractivity contribution in [1.82, 2.24) is 9.97 Å². The van der Waals surface area contributed by atoms with Gasteiger partial charge in [-0.3, -0.25) is 0 Å². The molecule has 0 spiro atoms. The number of hydrogen-bond acceptors (Lipinski definition) is 2. The van der Waals surface area contributed by atoms with Gasteiger partial charge < -0.3 is 10.7 Å². The summed E-state index contributed by atoms with van der Waals surface area (Å²) in [7, 11) is 0. The molecule has 1 aromatic rings. The lowest BCUT2D eigenvalue weighted by Crippen LogP contribution is -2.06. The smallest absolute Gasteiger partial charge is 0.123 e. The van der Waals surface area contributed by atoms with E-state index in [-0.39, 0.29) is 6.04 Å². The minimum atomic E-state index is -0.0460. The van der Waals surface area contributed by atoms with Crippen LogP contribution in [0.1, 0.15) is 37.3 Å². The highest BCUT2D eigenvalue weighted by molar-refractivity contribution is 9.11. The Labute approximate surface area is 97.6 Å². The number of nitrogens with one attached hydrogen (secondary N) is 1. The minimum absolute atomic E-state index is 0.0460. The van der Waals surface area contributed by atoms with Crippen molar-refractivity contribution in [3.05, 3.63) is 34.3 Å².